The maximum atomic E-state index is 12.8. The second-order valence-corrected chi connectivity index (χ2v) is 7.24. The molecule has 1 saturated carbocycles. The number of carbonyl (C=O) groups excluding carboxylic acids is 2. The van der Waals surface area contributed by atoms with Crippen LogP contribution in [0.1, 0.15) is 23.2 Å². The van der Waals surface area contributed by atoms with E-state index in [9.17, 15) is 19.7 Å². The van der Waals surface area contributed by atoms with Gasteiger partial charge in [-0.2, -0.15) is 0 Å². The van der Waals surface area contributed by atoms with E-state index >= 15 is 0 Å². The van der Waals surface area contributed by atoms with E-state index in [0.29, 0.717) is 17.6 Å². The molecule has 0 bridgehead atoms. The molecular weight excluding hydrogens is 380 g/mol. The predicted molar refractivity (Wildman–Crippen MR) is 97.5 cm³/mol. The van der Waals surface area contributed by atoms with Gasteiger partial charge in [-0.15, -0.1) is 11.3 Å². The van der Waals surface area contributed by atoms with Crippen molar-refractivity contribution in [1.82, 2.24) is 9.88 Å². The van der Waals surface area contributed by atoms with Gasteiger partial charge in [-0.3, -0.25) is 19.7 Å². The van der Waals surface area contributed by atoms with Crippen molar-refractivity contribution < 1.29 is 14.5 Å². The van der Waals surface area contributed by atoms with E-state index in [4.69, 9.17) is 11.6 Å². The Kier molecular flexibility index (Phi) is 5.48. The molecular formula is C16H15ClN4O4S. The van der Waals surface area contributed by atoms with Crippen LogP contribution in [0.5, 0.6) is 0 Å². The zero-order valence-electron chi connectivity index (χ0n) is 13.6. The van der Waals surface area contributed by atoms with Crippen LogP contribution in [0, 0.1) is 16.0 Å². The van der Waals surface area contributed by atoms with Gasteiger partial charge in [0.15, 0.2) is 5.13 Å². The van der Waals surface area contributed by atoms with E-state index in [-0.39, 0.29) is 28.7 Å². The van der Waals surface area contributed by atoms with Crippen molar-refractivity contribution in [2.45, 2.75) is 12.8 Å². The zero-order valence-corrected chi connectivity index (χ0v) is 15.1. The maximum absolute atomic E-state index is 12.8. The number of nitrogens with one attached hydrogen (secondary N) is 1. The molecule has 1 fully saturated rings. The number of hydrogen-bond acceptors (Lipinski definition) is 6. The third-order valence-corrected chi connectivity index (χ3v) is 4.87. The fourth-order valence-electron chi connectivity index (χ4n) is 2.41. The number of halogens is 1. The summed E-state index contributed by atoms with van der Waals surface area (Å²) in [4.78, 5) is 40.7. The first kappa shape index (κ1) is 18.3. The lowest BCUT2D eigenvalue weighted by Crippen LogP contribution is -2.39. The number of non-ortho nitro benzene ring substituents is 1. The van der Waals surface area contributed by atoms with Gasteiger partial charge in [0.25, 0.3) is 11.6 Å². The van der Waals surface area contributed by atoms with Crippen molar-refractivity contribution in [1.29, 1.82) is 0 Å². The van der Waals surface area contributed by atoms with E-state index in [1.165, 1.54) is 28.4 Å². The van der Waals surface area contributed by atoms with Gasteiger partial charge in [0.2, 0.25) is 5.91 Å². The third-order valence-electron chi connectivity index (χ3n) is 3.87. The highest BCUT2D eigenvalue weighted by atomic mass is 35.5. The van der Waals surface area contributed by atoms with E-state index in [1.807, 2.05) is 0 Å². The summed E-state index contributed by atoms with van der Waals surface area (Å²) in [5.41, 5.74) is -0.0539. The van der Waals surface area contributed by atoms with Crippen molar-refractivity contribution in [3.05, 3.63) is 50.5 Å². The molecule has 0 spiro atoms. The molecule has 1 N–H and O–H groups in total. The lowest BCUT2D eigenvalue weighted by Gasteiger charge is -2.22. The van der Waals surface area contributed by atoms with Gasteiger partial charge in [0, 0.05) is 30.3 Å². The monoisotopic (exact) mass is 394 g/mol. The number of benzene rings is 1. The standard InChI is InChI=1S/C16H15ClN4O4S/c17-13-7-11(21(24)25)3-4-12(13)15(23)20(8-10-1-2-10)9-14(22)19-16-18-5-6-26-16/h3-7,10H,1-2,8-9H2,(H,18,19,22). The molecule has 0 atom stereocenters. The largest absolute Gasteiger partial charge is 0.329 e. The average Bonchev–Trinajstić information content (AvgIpc) is 3.27. The van der Waals surface area contributed by atoms with Crippen LogP contribution in [0.25, 0.3) is 0 Å². The van der Waals surface area contributed by atoms with Gasteiger partial charge in [-0.05, 0) is 24.8 Å². The Morgan fingerprint density at radius 2 is 2.19 bits per heavy atom. The fraction of sp³-hybridized carbons (Fsp3) is 0.312. The average molecular weight is 395 g/mol. The van der Waals surface area contributed by atoms with Crippen LogP contribution in [-0.2, 0) is 4.79 Å². The normalized spacial score (nSPS) is 13.3. The van der Waals surface area contributed by atoms with Gasteiger partial charge in [-0.25, -0.2) is 4.98 Å². The van der Waals surface area contributed by atoms with Crippen molar-refractivity contribution in [2.75, 3.05) is 18.4 Å². The topological polar surface area (TPSA) is 105 Å². The van der Waals surface area contributed by atoms with Crippen LogP contribution in [0.15, 0.2) is 29.8 Å². The van der Waals surface area contributed by atoms with Crippen molar-refractivity contribution >= 4 is 45.6 Å². The Morgan fingerprint density at radius 1 is 1.42 bits per heavy atom. The molecule has 8 nitrogen and oxygen atoms in total. The molecule has 10 heteroatoms. The Hall–Kier alpha value is -2.52. The highest BCUT2D eigenvalue weighted by Crippen LogP contribution is 2.31. The molecule has 136 valence electrons. The molecule has 2 aromatic rings. The Morgan fingerprint density at radius 3 is 2.77 bits per heavy atom. The molecule has 0 unspecified atom stereocenters. The van der Waals surface area contributed by atoms with Gasteiger partial charge < -0.3 is 10.2 Å². The number of hydrogen-bond donors (Lipinski definition) is 1. The molecule has 26 heavy (non-hydrogen) atoms. The van der Waals surface area contributed by atoms with Crippen molar-refractivity contribution in [3.8, 4) is 0 Å². The van der Waals surface area contributed by atoms with Gasteiger partial charge in [-0.1, -0.05) is 11.6 Å². The minimum Gasteiger partial charge on any atom is -0.329 e. The molecule has 2 amide bonds. The summed E-state index contributed by atoms with van der Waals surface area (Å²) in [5, 5.41) is 15.6. The SMILES string of the molecule is O=C(CN(CC1CC1)C(=O)c1ccc([N+](=O)[O-])cc1Cl)Nc1nccs1. The van der Waals surface area contributed by atoms with Crippen LogP contribution in [0.4, 0.5) is 10.8 Å². The van der Waals surface area contributed by atoms with Crippen molar-refractivity contribution in [3.63, 3.8) is 0 Å². The number of nitrogens with zero attached hydrogens (tertiary/aromatic N) is 3. The lowest BCUT2D eigenvalue weighted by atomic mass is 10.1. The minimum atomic E-state index is -0.580. The highest BCUT2D eigenvalue weighted by Gasteiger charge is 2.29. The third kappa shape index (κ3) is 4.55. The summed E-state index contributed by atoms with van der Waals surface area (Å²) in [6.45, 7) is 0.305. The molecule has 1 aliphatic rings. The summed E-state index contributed by atoms with van der Waals surface area (Å²) in [6.07, 6.45) is 3.59. The number of rotatable bonds is 7. The molecule has 3 rings (SSSR count). The molecule has 1 aromatic heterocycles. The summed E-state index contributed by atoms with van der Waals surface area (Å²) < 4.78 is 0. The number of anilines is 1. The number of carbonyl (C=O) groups is 2. The van der Waals surface area contributed by atoms with Crippen LogP contribution < -0.4 is 5.32 Å². The fourth-order valence-corrected chi connectivity index (χ4v) is 3.21. The van der Waals surface area contributed by atoms with Crippen LogP contribution >= 0.6 is 22.9 Å². The Labute approximate surface area is 157 Å². The van der Waals surface area contributed by atoms with E-state index in [2.05, 4.69) is 10.3 Å². The molecule has 0 radical (unpaired) electrons. The number of nitro groups is 1. The zero-order chi connectivity index (χ0) is 18.7. The van der Waals surface area contributed by atoms with Crippen LogP contribution in [0.2, 0.25) is 5.02 Å². The maximum Gasteiger partial charge on any atom is 0.270 e. The minimum absolute atomic E-state index is 0.00896. The second kappa shape index (κ2) is 7.79. The smallest absolute Gasteiger partial charge is 0.270 e. The van der Waals surface area contributed by atoms with Crippen LogP contribution in [-0.4, -0.2) is 39.7 Å². The molecule has 0 aliphatic heterocycles. The quantitative estimate of drug-likeness (QED) is 0.573. The predicted octanol–water partition coefficient (Wildman–Crippen LogP) is 3.20. The second-order valence-electron chi connectivity index (χ2n) is 5.94. The van der Waals surface area contributed by atoms with Gasteiger partial charge >= 0.3 is 0 Å². The van der Waals surface area contributed by atoms with E-state index in [0.717, 1.165) is 18.9 Å². The summed E-state index contributed by atoms with van der Waals surface area (Å²) in [6, 6.07) is 3.69. The Balaban J connectivity index is 1.75. The summed E-state index contributed by atoms with van der Waals surface area (Å²) >= 11 is 7.34. The number of amides is 2. The van der Waals surface area contributed by atoms with Crippen LogP contribution in [0.3, 0.4) is 0 Å². The molecule has 1 aliphatic carbocycles. The van der Waals surface area contributed by atoms with Gasteiger partial charge in [0.05, 0.1) is 15.5 Å². The molecule has 0 saturated heterocycles. The summed E-state index contributed by atoms with van der Waals surface area (Å²) in [7, 11) is 0. The first-order chi connectivity index (χ1) is 12.4. The first-order valence-corrected chi connectivity index (χ1v) is 9.12. The van der Waals surface area contributed by atoms with Gasteiger partial charge in [0.1, 0.15) is 6.54 Å². The first-order valence-electron chi connectivity index (χ1n) is 7.86. The van der Waals surface area contributed by atoms with Crippen molar-refractivity contribution in [2.24, 2.45) is 5.92 Å². The van der Waals surface area contributed by atoms with E-state index < -0.39 is 10.8 Å². The number of thiazole rings is 1. The molecule has 1 heterocycles. The Bertz CT molecular complexity index is 839. The lowest BCUT2D eigenvalue weighted by molar-refractivity contribution is -0.384. The highest BCUT2D eigenvalue weighted by molar-refractivity contribution is 7.13. The van der Waals surface area contributed by atoms with E-state index in [1.54, 1.807) is 11.6 Å². The summed E-state index contributed by atoms with van der Waals surface area (Å²) in [5.74, 6) is -0.415. The molecule has 1 aromatic carbocycles. The number of aromatic nitrogens is 1. The number of nitro benzene ring substituents is 1.